The van der Waals surface area contributed by atoms with Gasteiger partial charge in [-0.1, -0.05) is 44.0 Å². The molecule has 4 rings (SSSR count). The van der Waals surface area contributed by atoms with Gasteiger partial charge in [0.25, 0.3) is 5.91 Å². The number of nitrogens with zero attached hydrogens (tertiary/aromatic N) is 3. The standard InChI is InChI=1S/C26H24Cl2N6O3/c1-26(2,3)22-14-23(34(33-22)16-6-4-15(27)5-7-16)32-25(36)31-20-9-8-17(12-19(20)28)37-18-10-11-30-21(13-18)24(29)35/h4-14H,1-3H3,(H2,29,35)(H2,31,32,36). The number of carbonyl (C=O) groups excluding carboxylic acids is 2. The highest BCUT2D eigenvalue weighted by Crippen LogP contribution is 2.31. The monoisotopic (exact) mass is 538 g/mol. The van der Waals surface area contributed by atoms with Gasteiger partial charge in [0.05, 0.1) is 22.1 Å². The van der Waals surface area contributed by atoms with Gasteiger partial charge in [-0.2, -0.15) is 5.10 Å². The summed E-state index contributed by atoms with van der Waals surface area (Å²) in [6.07, 6.45) is 1.41. The Kier molecular flexibility index (Phi) is 7.37. The molecular weight excluding hydrogens is 515 g/mol. The van der Waals surface area contributed by atoms with E-state index in [0.717, 1.165) is 11.4 Å². The van der Waals surface area contributed by atoms with Crippen LogP contribution in [0.5, 0.6) is 11.5 Å². The zero-order valence-corrected chi connectivity index (χ0v) is 21.8. The first kappa shape index (κ1) is 26.0. The predicted octanol–water partition coefficient (Wildman–Crippen LogP) is 6.41. The van der Waals surface area contributed by atoms with Gasteiger partial charge in [0.15, 0.2) is 0 Å². The van der Waals surface area contributed by atoms with Crippen LogP contribution in [0, 0.1) is 0 Å². The lowest BCUT2D eigenvalue weighted by Gasteiger charge is -2.14. The van der Waals surface area contributed by atoms with Crippen LogP contribution in [-0.2, 0) is 5.41 Å². The maximum atomic E-state index is 12.9. The van der Waals surface area contributed by atoms with E-state index in [9.17, 15) is 9.59 Å². The number of primary amides is 1. The molecule has 3 amide bonds. The zero-order valence-electron chi connectivity index (χ0n) is 20.3. The molecular formula is C26H24Cl2N6O3. The molecule has 2 aromatic heterocycles. The first-order valence-corrected chi connectivity index (χ1v) is 11.9. The molecule has 0 unspecified atom stereocenters. The Bertz CT molecular complexity index is 1460. The van der Waals surface area contributed by atoms with E-state index in [2.05, 4.69) is 20.7 Å². The Morgan fingerprint density at radius 1 is 0.946 bits per heavy atom. The van der Waals surface area contributed by atoms with Gasteiger partial charge in [-0.25, -0.2) is 9.48 Å². The number of hydrogen-bond acceptors (Lipinski definition) is 5. The zero-order chi connectivity index (χ0) is 26.7. The SMILES string of the molecule is CC(C)(C)c1cc(NC(=O)Nc2ccc(Oc3ccnc(C(N)=O)c3)cc2Cl)n(-c2ccc(Cl)cc2)n1. The lowest BCUT2D eigenvalue weighted by molar-refractivity contribution is 0.0995. The fourth-order valence-corrected chi connectivity index (χ4v) is 3.64. The highest BCUT2D eigenvalue weighted by Gasteiger charge is 2.22. The largest absolute Gasteiger partial charge is 0.457 e. The van der Waals surface area contributed by atoms with Crippen LogP contribution in [-0.4, -0.2) is 26.7 Å². The molecule has 2 heterocycles. The van der Waals surface area contributed by atoms with Crippen molar-refractivity contribution in [2.75, 3.05) is 10.6 Å². The van der Waals surface area contributed by atoms with Crippen molar-refractivity contribution >= 4 is 46.6 Å². The molecule has 4 N–H and O–H groups in total. The average molecular weight is 539 g/mol. The number of benzene rings is 2. The van der Waals surface area contributed by atoms with Crippen molar-refractivity contribution in [2.45, 2.75) is 26.2 Å². The summed E-state index contributed by atoms with van der Waals surface area (Å²) in [6, 6.07) is 16.2. The third-order valence-corrected chi connectivity index (χ3v) is 5.76. The Labute approximate surface area is 223 Å². The molecule has 0 aliphatic carbocycles. The fourth-order valence-electron chi connectivity index (χ4n) is 3.29. The van der Waals surface area contributed by atoms with Gasteiger partial charge in [-0.15, -0.1) is 0 Å². The number of hydrogen-bond donors (Lipinski definition) is 3. The first-order valence-electron chi connectivity index (χ1n) is 11.2. The Morgan fingerprint density at radius 2 is 1.65 bits per heavy atom. The van der Waals surface area contributed by atoms with Gasteiger partial charge < -0.3 is 15.8 Å². The number of nitrogens with two attached hydrogens (primary N) is 1. The van der Waals surface area contributed by atoms with Crippen LogP contribution in [0.25, 0.3) is 5.69 Å². The molecule has 37 heavy (non-hydrogen) atoms. The summed E-state index contributed by atoms with van der Waals surface area (Å²) in [5.74, 6) is 0.571. The molecule has 0 atom stereocenters. The second-order valence-electron chi connectivity index (χ2n) is 9.12. The highest BCUT2D eigenvalue weighted by atomic mass is 35.5. The number of urea groups is 1. The summed E-state index contributed by atoms with van der Waals surface area (Å²) in [5, 5.41) is 11.1. The minimum absolute atomic E-state index is 0.0750. The second kappa shape index (κ2) is 10.5. The number of anilines is 2. The average Bonchev–Trinajstić information content (AvgIpc) is 3.26. The van der Waals surface area contributed by atoms with Gasteiger partial charge in [-0.3, -0.25) is 15.1 Å². The first-order chi connectivity index (χ1) is 17.5. The van der Waals surface area contributed by atoms with Crippen LogP contribution in [0.1, 0.15) is 37.0 Å². The number of nitrogens with one attached hydrogen (secondary N) is 2. The maximum Gasteiger partial charge on any atom is 0.324 e. The lowest BCUT2D eigenvalue weighted by Crippen LogP contribution is -2.21. The molecule has 9 nitrogen and oxygen atoms in total. The predicted molar refractivity (Wildman–Crippen MR) is 144 cm³/mol. The topological polar surface area (TPSA) is 124 Å². The number of halogens is 2. The Balaban J connectivity index is 1.51. The van der Waals surface area contributed by atoms with Crippen LogP contribution in [0.3, 0.4) is 0 Å². The summed E-state index contributed by atoms with van der Waals surface area (Å²) in [6.45, 7) is 6.11. The van der Waals surface area contributed by atoms with Crippen molar-refractivity contribution in [3.05, 3.63) is 88.3 Å². The van der Waals surface area contributed by atoms with E-state index in [1.54, 1.807) is 35.0 Å². The van der Waals surface area contributed by atoms with Crippen LogP contribution in [0.4, 0.5) is 16.3 Å². The maximum absolute atomic E-state index is 12.9. The van der Waals surface area contributed by atoms with E-state index in [0.29, 0.717) is 28.0 Å². The van der Waals surface area contributed by atoms with Crippen LogP contribution in [0.15, 0.2) is 66.9 Å². The number of amides is 3. The number of ether oxygens (including phenoxy) is 1. The smallest absolute Gasteiger partial charge is 0.324 e. The molecule has 190 valence electrons. The van der Waals surface area contributed by atoms with E-state index >= 15 is 0 Å². The number of aromatic nitrogens is 3. The van der Waals surface area contributed by atoms with Crippen molar-refractivity contribution in [2.24, 2.45) is 5.73 Å². The molecule has 0 radical (unpaired) electrons. The molecule has 4 aromatic rings. The van der Waals surface area contributed by atoms with Crippen molar-refractivity contribution in [3.8, 4) is 17.2 Å². The molecule has 0 fully saturated rings. The molecule has 11 heteroatoms. The van der Waals surface area contributed by atoms with Gasteiger partial charge >= 0.3 is 6.03 Å². The van der Waals surface area contributed by atoms with Gasteiger partial charge in [0, 0.05) is 34.8 Å². The summed E-state index contributed by atoms with van der Waals surface area (Å²) >= 11 is 12.4. The summed E-state index contributed by atoms with van der Waals surface area (Å²) in [7, 11) is 0. The molecule has 0 spiro atoms. The van der Waals surface area contributed by atoms with E-state index in [1.807, 2.05) is 39.0 Å². The summed E-state index contributed by atoms with van der Waals surface area (Å²) in [4.78, 5) is 28.1. The van der Waals surface area contributed by atoms with Gasteiger partial charge in [-0.05, 0) is 42.5 Å². The number of pyridine rings is 1. The van der Waals surface area contributed by atoms with Crippen molar-refractivity contribution in [1.29, 1.82) is 0 Å². The van der Waals surface area contributed by atoms with E-state index in [1.165, 1.54) is 18.3 Å². The van der Waals surface area contributed by atoms with Crippen molar-refractivity contribution in [1.82, 2.24) is 14.8 Å². The van der Waals surface area contributed by atoms with Crippen molar-refractivity contribution in [3.63, 3.8) is 0 Å². The molecule has 0 bridgehead atoms. The number of carbonyl (C=O) groups is 2. The normalized spacial score (nSPS) is 11.2. The highest BCUT2D eigenvalue weighted by molar-refractivity contribution is 6.34. The van der Waals surface area contributed by atoms with Crippen molar-refractivity contribution < 1.29 is 14.3 Å². The molecule has 0 saturated carbocycles. The lowest BCUT2D eigenvalue weighted by atomic mass is 9.92. The van der Waals surface area contributed by atoms with Gasteiger partial charge in [0.2, 0.25) is 0 Å². The third kappa shape index (κ3) is 6.38. The Morgan fingerprint density at radius 3 is 2.30 bits per heavy atom. The summed E-state index contributed by atoms with van der Waals surface area (Å²) < 4.78 is 7.37. The minimum Gasteiger partial charge on any atom is -0.457 e. The third-order valence-electron chi connectivity index (χ3n) is 5.20. The minimum atomic E-state index is -0.666. The van der Waals surface area contributed by atoms with Gasteiger partial charge in [0.1, 0.15) is 23.0 Å². The Hall–Kier alpha value is -4.08. The van der Waals surface area contributed by atoms with Crippen LogP contribution >= 0.6 is 23.2 Å². The molecule has 0 aliphatic heterocycles. The fraction of sp³-hybridized carbons (Fsp3) is 0.154. The second-order valence-corrected chi connectivity index (χ2v) is 9.96. The molecule has 0 saturated heterocycles. The quantitative estimate of drug-likeness (QED) is 0.261. The van der Waals surface area contributed by atoms with Crippen LogP contribution < -0.4 is 21.1 Å². The molecule has 2 aromatic carbocycles. The number of rotatable bonds is 6. The van der Waals surface area contributed by atoms with E-state index in [-0.39, 0.29) is 16.1 Å². The van der Waals surface area contributed by atoms with E-state index < -0.39 is 11.9 Å². The summed E-state index contributed by atoms with van der Waals surface area (Å²) in [5.41, 5.74) is 7.00. The molecule has 0 aliphatic rings. The van der Waals surface area contributed by atoms with Crippen LogP contribution in [0.2, 0.25) is 10.0 Å². The van der Waals surface area contributed by atoms with E-state index in [4.69, 9.17) is 33.7 Å².